The molecule has 0 aliphatic rings. The molecule has 0 unspecified atom stereocenters. The summed E-state index contributed by atoms with van der Waals surface area (Å²) in [7, 11) is 0. The monoisotopic (exact) mass is 279 g/mol. The molecule has 0 aromatic heterocycles. The molecule has 21 heavy (non-hydrogen) atoms. The van der Waals surface area contributed by atoms with Crippen molar-refractivity contribution in [1.82, 2.24) is 5.32 Å². The Balaban J connectivity index is 1.82. The highest BCUT2D eigenvalue weighted by Gasteiger charge is 1.98. The number of hydrogen-bond acceptors (Lipinski definition) is 1. The Bertz CT molecular complexity index is 629. The number of nitrogens with one attached hydrogen (secondary N) is 1. The van der Waals surface area contributed by atoms with E-state index in [1.54, 1.807) is 6.08 Å². The van der Waals surface area contributed by atoms with Gasteiger partial charge in [0.25, 0.3) is 0 Å². The molecular weight excluding hydrogens is 258 g/mol. The molecule has 1 N–H and O–H groups in total. The van der Waals surface area contributed by atoms with Gasteiger partial charge < -0.3 is 5.32 Å². The third kappa shape index (κ3) is 4.92. The van der Waals surface area contributed by atoms with Gasteiger partial charge in [0.05, 0.1) is 0 Å². The predicted octanol–water partition coefficient (Wildman–Crippen LogP) is 3.68. The molecular formula is C19H21NO. The van der Waals surface area contributed by atoms with E-state index in [4.69, 9.17) is 0 Å². The molecule has 108 valence electrons. The fourth-order valence-corrected chi connectivity index (χ4v) is 2.21. The molecule has 2 aromatic carbocycles. The summed E-state index contributed by atoms with van der Waals surface area (Å²) in [5, 5.41) is 2.91. The van der Waals surface area contributed by atoms with Gasteiger partial charge in [-0.2, -0.15) is 0 Å². The van der Waals surface area contributed by atoms with E-state index < -0.39 is 0 Å². The number of rotatable bonds is 5. The molecule has 0 bridgehead atoms. The van der Waals surface area contributed by atoms with Crippen LogP contribution in [0, 0.1) is 13.8 Å². The van der Waals surface area contributed by atoms with Gasteiger partial charge in [0, 0.05) is 12.6 Å². The summed E-state index contributed by atoms with van der Waals surface area (Å²) in [6.45, 7) is 4.77. The predicted molar refractivity (Wildman–Crippen MR) is 88.1 cm³/mol. The van der Waals surface area contributed by atoms with Crippen molar-refractivity contribution in [3.8, 4) is 0 Å². The SMILES string of the molecule is Cc1ccc(/C=C/C(=O)NCCc2ccccc2)c(C)c1. The van der Waals surface area contributed by atoms with Gasteiger partial charge in [0.15, 0.2) is 0 Å². The van der Waals surface area contributed by atoms with E-state index in [1.165, 1.54) is 16.7 Å². The van der Waals surface area contributed by atoms with Crippen LogP contribution in [0.1, 0.15) is 22.3 Å². The van der Waals surface area contributed by atoms with Gasteiger partial charge in [-0.25, -0.2) is 0 Å². The van der Waals surface area contributed by atoms with Crippen LogP contribution in [0.5, 0.6) is 0 Å². The molecule has 0 atom stereocenters. The lowest BCUT2D eigenvalue weighted by Crippen LogP contribution is -2.23. The zero-order valence-corrected chi connectivity index (χ0v) is 12.6. The molecule has 2 aromatic rings. The van der Waals surface area contributed by atoms with E-state index >= 15 is 0 Å². The topological polar surface area (TPSA) is 29.1 Å². The lowest BCUT2D eigenvalue weighted by atomic mass is 10.1. The number of aryl methyl sites for hydroxylation is 2. The zero-order chi connectivity index (χ0) is 15.1. The van der Waals surface area contributed by atoms with Crippen molar-refractivity contribution < 1.29 is 4.79 Å². The maximum absolute atomic E-state index is 11.8. The van der Waals surface area contributed by atoms with Crippen LogP contribution in [-0.4, -0.2) is 12.5 Å². The van der Waals surface area contributed by atoms with Crippen molar-refractivity contribution >= 4 is 12.0 Å². The third-order valence-corrected chi connectivity index (χ3v) is 3.40. The largest absolute Gasteiger partial charge is 0.352 e. The van der Waals surface area contributed by atoms with Gasteiger partial charge in [-0.1, -0.05) is 54.1 Å². The van der Waals surface area contributed by atoms with Gasteiger partial charge in [-0.05, 0) is 43.0 Å². The molecule has 0 heterocycles. The maximum Gasteiger partial charge on any atom is 0.244 e. The normalized spacial score (nSPS) is 10.8. The van der Waals surface area contributed by atoms with Crippen LogP contribution in [0.15, 0.2) is 54.6 Å². The first kappa shape index (κ1) is 15.0. The third-order valence-electron chi connectivity index (χ3n) is 3.40. The minimum Gasteiger partial charge on any atom is -0.352 e. The fourth-order valence-electron chi connectivity index (χ4n) is 2.21. The Morgan fingerprint density at radius 1 is 1.10 bits per heavy atom. The van der Waals surface area contributed by atoms with Gasteiger partial charge in [0.1, 0.15) is 0 Å². The Morgan fingerprint density at radius 2 is 1.86 bits per heavy atom. The van der Waals surface area contributed by atoms with Crippen molar-refractivity contribution in [1.29, 1.82) is 0 Å². The molecule has 2 heteroatoms. The quantitative estimate of drug-likeness (QED) is 0.831. The number of carbonyl (C=O) groups excluding carboxylic acids is 1. The molecule has 2 nitrogen and oxygen atoms in total. The molecule has 0 aliphatic heterocycles. The standard InChI is InChI=1S/C19H21NO/c1-15-8-9-18(16(2)14-15)10-11-19(21)20-13-12-17-6-4-3-5-7-17/h3-11,14H,12-13H2,1-2H3,(H,20,21)/b11-10+. The van der Waals surface area contributed by atoms with Crippen LogP contribution in [0.4, 0.5) is 0 Å². The molecule has 0 saturated carbocycles. The van der Waals surface area contributed by atoms with Gasteiger partial charge in [-0.15, -0.1) is 0 Å². The van der Waals surface area contributed by atoms with E-state index in [2.05, 4.69) is 43.4 Å². The minimum absolute atomic E-state index is 0.0501. The number of benzene rings is 2. The molecule has 1 amide bonds. The van der Waals surface area contributed by atoms with Crippen molar-refractivity contribution in [2.24, 2.45) is 0 Å². The second-order valence-corrected chi connectivity index (χ2v) is 5.22. The Kier molecular flexibility index (Phi) is 5.33. The van der Waals surface area contributed by atoms with E-state index in [-0.39, 0.29) is 5.91 Å². The number of amides is 1. The molecule has 0 aliphatic carbocycles. The van der Waals surface area contributed by atoms with Crippen LogP contribution in [-0.2, 0) is 11.2 Å². The summed E-state index contributed by atoms with van der Waals surface area (Å²) in [5.74, 6) is -0.0501. The zero-order valence-electron chi connectivity index (χ0n) is 12.6. The lowest BCUT2D eigenvalue weighted by molar-refractivity contribution is -0.116. The summed E-state index contributed by atoms with van der Waals surface area (Å²) in [6, 6.07) is 16.4. The van der Waals surface area contributed by atoms with Crippen LogP contribution in [0.3, 0.4) is 0 Å². The summed E-state index contributed by atoms with van der Waals surface area (Å²) in [5.41, 5.74) is 4.73. The minimum atomic E-state index is -0.0501. The highest BCUT2D eigenvalue weighted by molar-refractivity contribution is 5.91. The van der Waals surface area contributed by atoms with Crippen molar-refractivity contribution in [3.63, 3.8) is 0 Å². The van der Waals surface area contributed by atoms with Crippen molar-refractivity contribution in [2.45, 2.75) is 20.3 Å². The summed E-state index contributed by atoms with van der Waals surface area (Å²) < 4.78 is 0. The molecule has 0 spiro atoms. The van der Waals surface area contributed by atoms with Gasteiger partial charge in [-0.3, -0.25) is 4.79 Å². The van der Waals surface area contributed by atoms with Gasteiger partial charge >= 0.3 is 0 Å². The van der Waals surface area contributed by atoms with Crippen LogP contribution in [0.2, 0.25) is 0 Å². The maximum atomic E-state index is 11.8. The Labute approximate surface area is 126 Å². The van der Waals surface area contributed by atoms with Crippen LogP contribution < -0.4 is 5.32 Å². The first-order valence-electron chi connectivity index (χ1n) is 7.22. The number of hydrogen-bond donors (Lipinski definition) is 1. The van der Waals surface area contributed by atoms with Crippen LogP contribution in [0.25, 0.3) is 6.08 Å². The lowest BCUT2D eigenvalue weighted by Gasteiger charge is -2.03. The van der Waals surface area contributed by atoms with Crippen LogP contribution >= 0.6 is 0 Å². The first-order chi connectivity index (χ1) is 10.1. The summed E-state index contributed by atoms with van der Waals surface area (Å²) in [4.78, 5) is 11.8. The summed E-state index contributed by atoms with van der Waals surface area (Å²) in [6.07, 6.45) is 4.32. The average Bonchev–Trinajstić information content (AvgIpc) is 2.47. The van der Waals surface area contributed by atoms with E-state index in [1.807, 2.05) is 30.3 Å². The van der Waals surface area contributed by atoms with E-state index in [9.17, 15) is 4.79 Å². The molecule has 0 saturated heterocycles. The van der Waals surface area contributed by atoms with Crippen molar-refractivity contribution in [3.05, 3.63) is 76.9 Å². The molecule has 0 fully saturated rings. The van der Waals surface area contributed by atoms with E-state index in [0.29, 0.717) is 6.54 Å². The first-order valence-corrected chi connectivity index (χ1v) is 7.22. The molecule has 2 rings (SSSR count). The summed E-state index contributed by atoms with van der Waals surface area (Å²) >= 11 is 0. The highest BCUT2D eigenvalue weighted by Crippen LogP contribution is 2.11. The second kappa shape index (κ2) is 7.44. The average molecular weight is 279 g/mol. The fraction of sp³-hybridized carbons (Fsp3) is 0.211. The van der Waals surface area contributed by atoms with Crippen molar-refractivity contribution in [2.75, 3.05) is 6.54 Å². The Morgan fingerprint density at radius 3 is 2.57 bits per heavy atom. The smallest absolute Gasteiger partial charge is 0.244 e. The molecule has 0 radical (unpaired) electrons. The highest BCUT2D eigenvalue weighted by atomic mass is 16.1. The van der Waals surface area contributed by atoms with Gasteiger partial charge in [0.2, 0.25) is 5.91 Å². The number of carbonyl (C=O) groups is 1. The Hall–Kier alpha value is -2.35. The van der Waals surface area contributed by atoms with E-state index in [0.717, 1.165) is 12.0 Å². The second-order valence-electron chi connectivity index (χ2n) is 5.22.